The highest BCUT2D eigenvalue weighted by atomic mass is 16.1. The molecule has 0 spiro atoms. The number of H-pyrrole nitrogens is 1. The van der Waals surface area contributed by atoms with Crippen molar-refractivity contribution < 1.29 is 0 Å². The first-order valence-electron chi connectivity index (χ1n) is 4.28. The summed E-state index contributed by atoms with van der Waals surface area (Å²) in [6.07, 6.45) is 1.38. The van der Waals surface area contributed by atoms with E-state index >= 15 is 0 Å². The van der Waals surface area contributed by atoms with Crippen LogP contribution in [0.5, 0.6) is 0 Å². The monoisotopic (exact) mass is 182 g/mol. The molecule has 1 aromatic heterocycles. The molecule has 13 heavy (non-hydrogen) atoms. The van der Waals surface area contributed by atoms with Crippen LogP contribution in [0.2, 0.25) is 0 Å². The van der Waals surface area contributed by atoms with Crippen molar-refractivity contribution in [3.63, 3.8) is 0 Å². The van der Waals surface area contributed by atoms with Gasteiger partial charge in [0.1, 0.15) is 5.69 Å². The fourth-order valence-corrected chi connectivity index (χ4v) is 1.08. The van der Waals surface area contributed by atoms with Crippen molar-refractivity contribution in [1.82, 2.24) is 9.97 Å². The van der Waals surface area contributed by atoms with E-state index < -0.39 is 0 Å². The van der Waals surface area contributed by atoms with Gasteiger partial charge >= 0.3 is 0 Å². The summed E-state index contributed by atoms with van der Waals surface area (Å²) in [6.45, 7) is 5.62. The molecule has 0 fully saturated rings. The summed E-state index contributed by atoms with van der Waals surface area (Å²) in [5.41, 5.74) is 5.22. The van der Waals surface area contributed by atoms with Gasteiger partial charge in [-0.2, -0.15) is 0 Å². The normalized spacial score (nSPS) is 10.0. The van der Waals surface area contributed by atoms with Gasteiger partial charge in [0.15, 0.2) is 0 Å². The van der Waals surface area contributed by atoms with E-state index in [-0.39, 0.29) is 11.2 Å². The molecule has 1 rings (SSSR count). The summed E-state index contributed by atoms with van der Waals surface area (Å²) in [4.78, 5) is 19.7. The molecule has 0 aromatic carbocycles. The molecule has 0 aliphatic rings. The zero-order chi connectivity index (χ0) is 9.84. The van der Waals surface area contributed by atoms with Gasteiger partial charge in [0, 0.05) is 13.1 Å². The minimum atomic E-state index is -0.281. The lowest BCUT2D eigenvalue weighted by Crippen LogP contribution is -2.27. The topological polar surface area (TPSA) is 75.0 Å². The number of nitrogens with zero attached hydrogens (tertiary/aromatic N) is 2. The summed E-state index contributed by atoms with van der Waals surface area (Å²) < 4.78 is 0. The van der Waals surface area contributed by atoms with Gasteiger partial charge < -0.3 is 10.6 Å². The maximum Gasteiger partial charge on any atom is 0.275 e. The van der Waals surface area contributed by atoms with E-state index in [9.17, 15) is 4.79 Å². The molecule has 1 heterocycles. The molecular weight excluding hydrogens is 168 g/mol. The van der Waals surface area contributed by atoms with Crippen LogP contribution in [0, 0.1) is 0 Å². The molecule has 1 aromatic rings. The maximum atomic E-state index is 11.1. The Balaban J connectivity index is 3.02. The van der Waals surface area contributed by atoms with Crippen LogP contribution in [0.15, 0.2) is 11.0 Å². The maximum absolute atomic E-state index is 11.1. The molecule has 3 N–H and O–H groups in total. The minimum Gasteiger partial charge on any atom is -0.393 e. The first-order valence-corrected chi connectivity index (χ1v) is 4.28. The van der Waals surface area contributed by atoms with Crippen molar-refractivity contribution >= 4 is 11.6 Å². The number of nitrogens with one attached hydrogen (secondary N) is 1. The number of rotatable bonds is 3. The fraction of sp³-hybridized carbons (Fsp3) is 0.500. The molecule has 0 saturated carbocycles. The Morgan fingerprint density at radius 1 is 1.54 bits per heavy atom. The lowest BCUT2D eigenvalue weighted by Gasteiger charge is -2.18. The van der Waals surface area contributed by atoms with Crippen molar-refractivity contribution in [1.29, 1.82) is 0 Å². The van der Waals surface area contributed by atoms with Crippen LogP contribution < -0.4 is 16.2 Å². The number of hydrogen-bond acceptors (Lipinski definition) is 4. The van der Waals surface area contributed by atoms with E-state index in [1.54, 1.807) is 0 Å². The van der Waals surface area contributed by atoms with Crippen LogP contribution >= 0.6 is 0 Å². The Bertz CT molecular complexity index is 329. The predicted octanol–water partition coefficient (Wildman–Crippen LogP) is 0.198. The summed E-state index contributed by atoms with van der Waals surface area (Å²) in [5.74, 6) is 0.573. The van der Waals surface area contributed by atoms with Crippen LogP contribution in [-0.2, 0) is 0 Å². The van der Waals surface area contributed by atoms with Crippen molar-refractivity contribution in [3.05, 3.63) is 16.6 Å². The summed E-state index contributed by atoms with van der Waals surface area (Å²) in [5, 5.41) is 0. The van der Waals surface area contributed by atoms with E-state index in [0.29, 0.717) is 5.95 Å². The first-order chi connectivity index (χ1) is 6.19. The molecule has 5 heteroatoms. The number of nitrogen functional groups attached to an aromatic ring is 1. The number of anilines is 2. The molecule has 0 unspecified atom stereocenters. The minimum absolute atomic E-state index is 0.149. The second kappa shape index (κ2) is 3.93. The SMILES string of the molecule is CCN(CC)c1ncc(N)c(=O)[nH]1. The zero-order valence-corrected chi connectivity index (χ0v) is 7.87. The average molecular weight is 182 g/mol. The van der Waals surface area contributed by atoms with E-state index in [0.717, 1.165) is 13.1 Å². The van der Waals surface area contributed by atoms with Crippen molar-refractivity contribution in [2.24, 2.45) is 0 Å². The third kappa shape index (κ3) is 1.99. The summed E-state index contributed by atoms with van der Waals surface area (Å²) >= 11 is 0. The van der Waals surface area contributed by atoms with Gasteiger partial charge in [0.25, 0.3) is 5.56 Å². The Kier molecular flexibility index (Phi) is 2.89. The lowest BCUT2D eigenvalue weighted by atomic mass is 10.5. The average Bonchev–Trinajstić information content (AvgIpc) is 2.13. The second-order valence-corrected chi connectivity index (χ2v) is 2.66. The molecule has 0 amide bonds. The smallest absolute Gasteiger partial charge is 0.275 e. The number of nitrogens with two attached hydrogens (primary N) is 1. The number of hydrogen-bond donors (Lipinski definition) is 2. The molecule has 0 saturated heterocycles. The molecule has 0 aliphatic heterocycles. The van der Waals surface area contributed by atoms with Crippen LogP contribution in [0.3, 0.4) is 0 Å². The third-order valence-corrected chi connectivity index (χ3v) is 1.88. The number of aromatic nitrogens is 2. The third-order valence-electron chi connectivity index (χ3n) is 1.88. The first kappa shape index (κ1) is 9.57. The van der Waals surface area contributed by atoms with E-state index in [1.807, 2.05) is 18.7 Å². The Morgan fingerprint density at radius 2 is 2.15 bits per heavy atom. The molecule has 72 valence electrons. The van der Waals surface area contributed by atoms with Gasteiger partial charge in [0.2, 0.25) is 5.95 Å². The highest BCUT2D eigenvalue weighted by Gasteiger charge is 2.04. The summed E-state index contributed by atoms with van der Waals surface area (Å²) in [6, 6.07) is 0. The van der Waals surface area contributed by atoms with Gasteiger partial charge in [-0.1, -0.05) is 0 Å². The molecule has 0 atom stereocenters. The molecular formula is C8H14N4O. The van der Waals surface area contributed by atoms with Crippen LogP contribution in [0.4, 0.5) is 11.6 Å². The molecule has 0 bridgehead atoms. The highest BCUT2D eigenvalue weighted by Crippen LogP contribution is 2.03. The van der Waals surface area contributed by atoms with Crippen molar-refractivity contribution in [2.75, 3.05) is 23.7 Å². The van der Waals surface area contributed by atoms with Crippen LogP contribution in [0.25, 0.3) is 0 Å². The standard InChI is InChI=1S/C8H14N4O/c1-3-12(4-2)8-10-5-6(9)7(13)11-8/h5H,3-4,9H2,1-2H3,(H,10,11,13). The van der Waals surface area contributed by atoms with E-state index in [2.05, 4.69) is 9.97 Å². The van der Waals surface area contributed by atoms with Gasteiger partial charge in [-0.05, 0) is 13.8 Å². The Morgan fingerprint density at radius 3 is 2.62 bits per heavy atom. The quantitative estimate of drug-likeness (QED) is 0.700. The molecule has 5 nitrogen and oxygen atoms in total. The Labute approximate surface area is 76.6 Å². The van der Waals surface area contributed by atoms with Gasteiger partial charge in [-0.15, -0.1) is 0 Å². The Hall–Kier alpha value is -1.52. The van der Waals surface area contributed by atoms with E-state index in [1.165, 1.54) is 6.20 Å². The van der Waals surface area contributed by atoms with Crippen LogP contribution in [0.1, 0.15) is 13.8 Å². The molecule has 0 aliphatic carbocycles. The second-order valence-electron chi connectivity index (χ2n) is 2.66. The highest BCUT2D eigenvalue weighted by molar-refractivity contribution is 5.37. The molecule has 0 radical (unpaired) electrons. The van der Waals surface area contributed by atoms with Gasteiger partial charge in [0.05, 0.1) is 6.20 Å². The zero-order valence-electron chi connectivity index (χ0n) is 7.87. The van der Waals surface area contributed by atoms with Crippen molar-refractivity contribution in [3.8, 4) is 0 Å². The fourth-order valence-electron chi connectivity index (χ4n) is 1.08. The number of aromatic amines is 1. The lowest BCUT2D eigenvalue weighted by molar-refractivity contribution is 0.817. The van der Waals surface area contributed by atoms with Crippen LogP contribution in [-0.4, -0.2) is 23.1 Å². The van der Waals surface area contributed by atoms with Crippen molar-refractivity contribution in [2.45, 2.75) is 13.8 Å². The van der Waals surface area contributed by atoms with E-state index in [4.69, 9.17) is 5.73 Å². The van der Waals surface area contributed by atoms with Gasteiger partial charge in [-0.3, -0.25) is 9.78 Å². The summed E-state index contributed by atoms with van der Waals surface area (Å²) in [7, 11) is 0. The predicted molar refractivity (Wildman–Crippen MR) is 52.8 cm³/mol. The van der Waals surface area contributed by atoms with Gasteiger partial charge in [-0.25, -0.2) is 4.98 Å². The largest absolute Gasteiger partial charge is 0.393 e.